The first kappa shape index (κ1) is 26.8. The van der Waals surface area contributed by atoms with Crippen LogP contribution in [0.3, 0.4) is 0 Å². The number of rotatable bonds is 10. The summed E-state index contributed by atoms with van der Waals surface area (Å²) in [4.78, 5) is 30.2. The van der Waals surface area contributed by atoms with Crippen molar-refractivity contribution < 1.29 is 14.3 Å². The van der Waals surface area contributed by atoms with Gasteiger partial charge in [-0.05, 0) is 47.4 Å². The molecule has 3 aromatic carbocycles. The monoisotopic (exact) mass is 561 g/mol. The Morgan fingerprint density at radius 1 is 0.881 bits per heavy atom. The van der Waals surface area contributed by atoms with Crippen LogP contribution in [0, 0.1) is 0 Å². The average molecular weight is 562 g/mol. The molecule has 2 amide bonds. The predicted molar refractivity (Wildman–Crippen MR) is 160 cm³/mol. The minimum Gasteiger partial charge on any atom is -0.411 e. The second-order valence-electron chi connectivity index (χ2n) is 10.3. The highest BCUT2D eigenvalue weighted by Gasteiger charge is 2.24. The van der Waals surface area contributed by atoms with Gasteiger partial charge in [0.2, 0.25) is 5.91 Å². The summed E-state index contributed by atoms with van der Waals surface area (Å²) in [5.41, 5.74) is 10.5. The molecule has 0 fully saturated rings. The molecule has 6 rings (SSSR count). The molecule has 5 N–H and O–H groups in total. The zero-order chi connectivity index (χ0) is 29.1. The van der Waals surface area contributed by atoms with E-state index < -0.39 is 12.1 Å². The number of amides is 2. The third-order valence-electron chi connectivity index (χ3n) is 7.42. The maximum Gasteiger partial charge on any atom is 0.409 e. The lowest BCUT2D eigenvalue weighted by atomic mass is 10.0. The molecule has 3 aromatic heterocycles. The van der Waals surface area contributed by atoms with Crippen LogP contribution in [0.2, 0.25) is 0 Å². The molecule has 10 heteroatoms. The van der Waals surface area contributed by atoms with Crippen LogP contribution in [0.4, 0.5) is 4.79 Å². The summed E-state index contributed by atoms with van der Waals surface area (Å²) in [6.45, 7) is 1.98. The van der Waals surface area contributed by atoms with Crippen molar-refractivity contribution in [2.45, 2.75) is 38.8 Å². The number of aromatic amines is 2. The normalized spacial score (nSPS) is 12.0. The van der Waals surface area contributed by atoms with Gasteiger partial charge in [0.1, 0.15) is 11.6 Å². The van der Waals surface area contributed by atoms with Gasteiger partial charge in [0.15, 0.2) is 5.82 Å². The number of benzene rings is 3. The van der Waals surface area contributed by atoms with Gasteiger partial charge in [0, 0.05) is 54.0 Å². The van der Waals surface area contributed by atoms with Crippen molar-refractivity contribution in [1.82, 2.24) is 30.0 Å². The van der Waals surface area contributed by atoms with Crippen LogP contribution in [-0.2, 0) is 30.6 Å². The van der Waals surface area contributed by atoms with E-state index in [1.165, 1.54) is 17.9 Å². The number of para-hydroxylation sites is 2. The van der Waals surface area contributed by atoms with Crippen LogP contribution in [0.25, 0.3) is 21.8 Å². The Labute approximate surface area is 241 Å². The first-order valence-electron chi connectivity index (χ1n) is 13.8. The summed E-state index contributed by atoms with van der Waals surface area (Å²) in [6, 6.07) is 23.1. The Bertz CT molecular complexity index is 1870. The fraction of sp³-hybridized carbons (Fsp3) is 0.188. The molecule has 212 valence electrons. The van der Waals surface area contributed by atoms with Gasteiger partial charge in [-0.15, -0.1) is 10.2 Å². The number of primary amides is 1. The highest BCUT2D eigenvalue weighted by atomic mass is 16.5. The van der Waals surface area contributed by atoms with E-state index in [0.29, 0.717) is 31.0 Å². The molecule has 0 saturated heterocycles. The Balaban J connectivity index is 1.35. The molecule has 0 radical (unpaired) electrons. The van der Waals surface area contributed by atoms with Crippen molar-refractivity contribution in [3.63, 3.8) is 0 Å². The first-order valence-corrected chi connectivity index (χ1v) is 13.8. The largest absolute Gasteiger partial charge is 0.411 e. The molecule has 0 spiro atoms. The van der Waals surface area contributed by atoms with Crippen molar-refractivity contribution in [1.29, 1.82) is 0 Å². The molecule has 0 bridgehead atoms. The Hall–Kier alpha value is -5.38. The molecular weight excluding hydrogens is 530 g/mol. The van der Waals surface area contributed by atoms with Crippen molar-refractivity contribution in [2.24, 2.45) is 5.73 Å². The third kappa shape index (κ3) is 5.73. The molecule has 1 atom stereocenters. The number of hydrogen-bond acceptors (Lipinski definition) is 5. The number of ether oxygens (including phenoxy) is 1. The third-order valence-corrected chi connectivity index (χ3v) is 7.42. The summed E-state index contributed by atoms with van der Waals surface area (Å²) in [5.74, 6) is 1.69. The lowest BCUT2D eigenvalue weighted by Crippen LogP contribution is -2.30. The standard InChI is InChI=1S/C32H31N7O3/c1-20(40)36-29(16-23-18-35-28-9-5-3-7-26(23)28)31-38-37-30(15-12-22-17-34-27-8-4-2-6-25(22)27)39(31)19-21-10-13-24(14-11-21)42-32(33)41/h2-11,13-14,17-18,29,34-35H,12,15-16,19H2,1H3,(H2,33,41)(H,36,40)/t29-/m1/s1. The van der Waals surface area contributed by atoms with E-state index in [2.05, 4.69) is 48.2 Å². The number of fused-ring (bicyclic) bond motifs is 2. The van der Waals surface area contributed by atoms with Gasteiger partial charge in [-0.25, -0.2) is 4.79 Å². The van der Waals surface area contributed by atoms with Crippen molar-refractivity contribution in [2.75, 3.05) is 0 Å². The zero-order valence-electron chi connectivity index (χ0n) is 23.1. The van der Waals surface area contributed by atoms with E-state index in [1.807, 2.05) is 54.9 Å². The van der Waals surface area contributed by atoms with Gasteiger partial charge >= 0.3 is 6.09 Å². The summed E-state index contributed by atoms with van der Waals surface area (Å²) in [6.07, 6.45) is 5.11. The smallest absolute Gasteiger partial charge is 0.409 e. The molecule has 0 aliphatic rings. The summed E-state index contributed by atoms with van der Waals surface area (Å²) >= 11 is 0. The number of nitrogens with two attached hydrogens (primary N) is 1. The lowest BCUT2D eigenvalue weighted by molar-refractivity contribution is -0.119. The second kappa shape index (κ2) is 11.6. The number of nitrogens with one attached hydrogen (secondary N) is 3. The maximum absolute atomic E-state index is 12.4. The molecule has 6 aromatic rings. The van der Waals surface area contributed by atoms with Gasteiger partial charge in [0.25, 0.3) is 0 Å². The number of hydrogen-bond donors (Lipinski definition) is 4. The number of aromatic nitrogens is 5. The zero-order valence-corrected chi connectivity index (χ0v) is 23.1. The average Bonchev–Trinajstić information content (AvgIpc) is 3.69. The van der Waals surface area contributed by atoms with E-state index in [4.69, 9.17) is 10.5 Å². The van der Waals surface area contributed by atoms with Crippen LogP contribution in [0.5, 0.6) is 5.75 Å². The molecule has 42 heavy (non-hydrogen) atoms. The topological polar surface area (TPSA) is 144 Å². The molecule has 0 aliphatic heterocycles. The molecule has 0 unspecified atom stereocenters. The van der Waals surface area contributed by atoms with Crippen molar-refractivity contribution in [3.8, 4) is 5.75 Å². The minimum atomic E-state index is -0.862. The summed E-state index contributed by atoms with van der Waals surface area (Å²) < 4.78 is 7.07. The Morgan fingerprint density at radius 3 is 2.19 bits per heavy atom. The molecular formula is C32H31N7O3. The number of carbonyl (C=O) groups excluding carboxylic acids is 2. The predicted octanol–water partition coefficient (Wildman–Crippen LogP) is 4.95. The lowest BCUT2D eigenvalue weighted by Gasteiger charge is -2.19. The van der Waals surface area contributed by atoms with Crippen LogP contribution in [-0.4, -0.2) is 36.7 Å². The SMILES string of the molecule is CC(=O)N[C@H](Cc1c[nH]c2ccccc12)c1nnc(CCc2c[nH]c3ccccc23)n1Cc1ccc(OC(N)=O)cc1. The van der Waals surface area contributed by atoms with E-state index in [0.717, 1.165) is 39.8 Å². The first-order chi connectivity index (χ1) is 20.4. The van der Waals surface area contributed by atoms with E-state index in [1.54, 1.807) is 12.1 Å². The van der Waals surface area contributed by atoms with Crippen LogP contribution in [0.1, 0.15) is 41.3 Å². The van der Waals surface area contributed by atoms with Gasteiger partial charge in [0.05, 0.1) is 12.6 Å². The molecule has 0 aliphatic carbocycles. The highest BCUT2D eigenvalue weighted by Crippen LogP contribution is 2.26. The van der Waals surface area contributed by atoms with E-state index >= 15 is 0 Å². The maximum atomic E-state index is 12.4. The quantitative estimate of drug-likeness (QED) is 0.187. The van der Waals surface area contributed by atoms with Crippen LogP contribution >= 0.6 is 0 Å². The van der Waals surface area contributed by atoms with Gasteiger partial charge in [-0.3, -0.25) is 4.79 Å². The van der Waals surface area contributed by atoms with E-state index in [9.17, 15) is 9.59 Å². The molecule has 3 heterocycles. The number of nitrogens with zero attached hydrogens (tertiary/aromatic N) is 3. The minimum absolute atomic E-state index is 0.150. The van der Waals surface area contributed by atoms with E-state index in [-0.39, 0.29) is 5.91 Å². The number of H-pyrrole nitrogens is 2. The molecule has 0 saturated carbocycles. The van der Waals surface area contributed by atoms with Gasteiger partial charge in [-0.2, -0.15) is 0 Å². The van der Waals surface area contributed by atoms with Crippen LogP contribution < -0.4 is 15.8 Å². The summed E-state index contributed by atoms with van der Waals surface area (Å²) in [7, 11) is 0. The van der Waals surface area contributed by atoms with Gasteiger partial charge in [-0.1, -0.05) is 48.5 Å². The van der Waals surface area contributed by atoms with Crippen molar-refractivity contribution in [3.05, 3.63) is 114 Å². The number of carbonyl (C=O) groups is 2. The van der Waals surface area contributed by atoms with Gasteiger partial charge < -0.3 is 30.3 Å². The van der Waals surface area contributed by atoms with Crippen LogP contribution in [0.15, 0.2) is 85.2 Å². The fourth-order valence-corrected chi connectivity index (χ4v) is 5.48. The van der Waals surface area contributed by atoms with Crippen molar-refractivity contribution >= 4 is 33.8 Å². The Kier molecular flexibility index (Phi) is 7.42. The second-order valence-corrected chi connectivity index (χ2v) is 10.3. The number of aryl methyl sites for hydroxylation is 2. The fourth-order valence-electron chi connectivity index (χ4n) is 5.48. The Morgan fingerprint density at radius 2 is 1.52 bits per heavy atom. The molecule has 10 nitrogen and oxygen atoms in total. The summed E-state index contributed by atoms with van der Waals surface area (Å²) in [5, 5.41) is 14.7. The highest BCUT2D eigenvalue weighted by molar-refractivity contribution is 5.84.